The molecule has 8 nitrogen and oxygen atoms in total. The maximum Gasteiger partial charge on any atom is 0.239 e. The highest BCUT2D eigenvalue weighted by Crippen LogP contribution is 2.40. The minimum atomic E-state index is 0.371. The molecule has 4 aromatic rings. The van der Waals surface area contributed by atoms with Gasteiger partial charge in [0.2, 0.25) is 11.6 Å². The van der Waals surface area contributed by atoms with Gasteiger partial charge in [0.25, 0.3) is 0 Å². The molecule has 0 aliphatic heterocycles. The molecule has 4 rings (SSSR count). The summed E-state index contributed by atoms with van der Waals surface area (Å²) in [7, 11) is 4.69. The van der Waals surface area contributed by atoms with Crippen molar-refractivity contribution in [2.45, 2.75) is 13.8 Å². The number of aromatic amines is 1. The van der Waals surface area contributed by atoms with Gasteiger partial charge in [-0.3, -0.25) is 4.98 Å². The first-order valence-corrected chi connectivity index (χ1v) is 9.85. The van der Waals surface area contributed by atoms with E-state index in [4.69, 9.17) is 18.9 Å². The summed E-state index contributed by atoms with van der Waals surface area (Å²) in [4.78, 5) is 11.9. The Balaban J connectivity index is 0.00000132. The van der Waals surface area contributed by atoms with Crippen LogP contribution in [0.4, 0.5) is 11.5 Å². The molecule has 2 N–H and O–H groups in total. The highest BCUT2D eigenvalue weighted by atomic mass is 16.5. The van der Waals surface area contributed by atoms with E-state index < -0.39 is 0 Å². The summed E-state index contributed by atoms with van der Waals surface area (Å²) in [5.41, 5.74) is 1.70. The van der Waals surface area contributed by atoms with Crippen molar-refractivity contribution in [3.05, 3.63) is 55.0 Å². The smallest absolute Gasteiger partial charge is 0.239 e. The fraction of sp³-hybridized carbons (Fsp3) is 0.217. The van der Waals surface area contributed by atoms with Crippen molar-refractivity contribution >= 4 is 22.4 Å². The molecule has 0 amide bonds. The van der Waals surface area contributed by atoms with Gasteiger partial charge in [0.1, 0.15) is 5.75 Å². The number of hydrogen-bond donors (Lipinski definition) is 2. The zero-order chi connectivity index (χ0) is 22.2. The fourth-order valence-electron chi connectivity index (χ4n) is 3.02. The lowest BCUT2D eigenvalue weighted by Gasteiger charge is -2.15. The number of ether oxygens (including phenoxy) is 4. The number of fused-ring (bicyclic) bond motifs is 1. The highest BCUT2D eigenvalue weighted by molar-refractivity contribution is 5.85. The van der Waals surface area contributed by atoms with Crippen LogP contribution in [0.5, 0.6) is 28.9 Å². The molecule has 0 saturated heterocycles. The van der Waals surface area contributed by atoms with Gasteiger partial charge in [-0.1, -0.05) is 19.9 Å². The number of hydrogen-bond acceptors (Lipinski definition) is 7. The number of H-pyrrole nitrogens is 1. The Morgan fingerprint density at radius 3 is 2.29 bits per heavy atom. The Morgan fingerprint density at radius 1 is 0.871 bits per heavy atom. The zero-order valence-electron chi connectivity index (χ0n) is 18.2. The first-order valence-electron chi connectivity index (χ1n) is 9.85. The van der Waals surface area contributed by atoms with E-state index in [2.05, 4.69) is 20.3 Å². The number of nitrogens with zero attached hydrogens (tertiary/aromatic N) is 2. The molecule has 0 unspecified atom stereocenters. The molecule has 162 valence electrons. The maximum atomic E-state index is 5.95. The summed E-state index contributed by atoms with van der Waals surface area (Å²) in [5.74, 6) is 3.17. The van der Waals surface area contributed by atoms with Crippen molar-refractivity contribution in [1.29, 1.82) is 0 Å². The Labute approximate surface area is 181 Å². The van der Waals surface area contributed by atoms with Crippen LogP contribution in [0.2, 0.25) is 0 Å². The third kappa shape index (κ3) is 4.80. The van der Waals surface area contributed by atoms with Crippen LogP contribution in [0.25, 0.3) is 10.9 Å². The fourth-order valence-corrected chi connectivity index (χ4v) is 3.02. The molecule has 31 heavy (non-hydrogen) atoms. The van der Waals surface area contributed by atoms with E-state index >= 15 is 0 Å². The van der Waals surface area contributed by atoms with Gasteiger partial charge < -0.3 is 29.2 Å². The van der Waals surface area contributed by atoms with Gasteiger partial charge in [0.05, 0.1) is 33.7 Å². The van der Waals surface area contributed by atoms with Crippen LogP contribution in [-0.2, 0) is 0 Å². The second kappa shape index (κ2) is 10.2. The van der Waals surface area contributed by atoms with E-state index in [-0.39, 0.29) is 0 Å². The summed E-state index contributed by atoms with van der Waals surface area (Å²) in [6.07, 6.45) is 5.03. The third-order valence-electron chi connectivity index (χ3n) is 4.32. The molecule has 8 heteroatoms. The van der Waals surface area contributed by atoms with E-state index in [9.17, 15) is 0 Å². The maximum absolute atomic E-state index is 5.95. The van der Waals surface area contributed by atoms with E-state index in [1.54, 1.807) is 45.9 Å². The number of rotatable bonds is 7. The van der Waals surface area contributed by atoms with Gasteiger partial charge in [0, 0.05) is 34.9 Å². The summed E-state index contributed by atoms with van der Waals surface area (Å²) in [6.45, 7) is 4.00. The Bertz CT molecular complexity index is 1120. The number of methoxy groups -OCH3 is 3. The van der Waals surface area contributed by atoms with Crippen molar-refractivity contribution in [3.63, 3.8) is 0 Å². The van der Waals surface area contributed by atoms with Crippen LogP contribution in [0.1, 0.15) is 13.8 Å². The van der Waals surface area contributed by atoms with E-state index in [0.29, 0.717) is 40.4 Å². The zero-order valence-corrected chi connectivity index (χ0v) is 18.2. The number of anilines is 2. The lowest BCUT2D eigenvalue weighted by Crippen LogP contribution is -2.00. The molecule has 0 bridgehead atoms. The summed E-state index contributed by atoms with van der Waals surface area (Å²) in [5, 5.41) is 4.16. The molecule has 0 saturated carbocycles. The minimum Gasteiger partial charge on any atom is -0.493 e. The normalized spacial score (nSPS) is 10.1. The highest BCUT2D eigenvalue weighted by Gasteiger charge is 2.14. The number of benzene rings is 2. The monoisotopic (exact) mass is 422 g/mol. The van der Waals surface area contributed by atoms with E-state index in [0.717, 1.165) is 10.9 Å². The molecule has 0 spiro atoms. The Hall–Kier alpha value is -3.94. The van der Waals surface area contributed by atoms with Gasteiger partial charge in [0.15, 0.2) is 17.3 Å². The van der Waals surface area contributed by atoms with Gasteiger partial charge >= 0.3 is 0 Å². The summed E-state index contributed by atoms with van der Waals surface area (Å²) < 4.78 is 22.1. The quantitative estimate of drug-likeness (QED) is 0.404. The lowest BCUT2D eigenvalue weighted by atomic mass is 10.2. The van der Waals surface area contributed by atoms with Gasteiger partial charge in [-0.15, -0.1) is 0 Å². The standard InChI is InChI=1S/C21H20N4O4.C2H6/c1-26-17-9-13(10-18(27-2)21(17)28-3)24-19-11-22-12-20(25-19)29-16-6-4-5-15-14(16)7-8-23-15;1-2/h4-12,23H,1-3H3,(H,24,25);1-2H3. The summed E-state index contributed by atoms with van der Waals surface area (Å²) in [6, 6.07) is 11.3. The van der Waals surface area contributed by atoms with Crippen LogP contribution in [0.15, 0.2) is 55.0 Å². The van der Waals surface area contributed by atoms with E-state index in [1.165, 1.54) is 0 Å². The second-order valence-corrected chi connectivity index (χ2v) is 6.08. The topological polar surface area (TPSA) is 90.5 Å². The third-order valence-corrected chi connectivity index (χ3v) is 4.32. The van der Waals surface area contributed by atoms with Gasteiger partial charge in [-0.05, 0) is 18.2 Å². The van der Waals surface area contributed by atoms with Crippen LogP contribution in [-0.4, -0.2) is 36.3 Å². The second-order valence-electron chi connectivity index (χ2n) is 6.08. The van der Waals surface area contributed by atoms with Crippen molar-refractivity contribution in [3.8, 4) is 28.9 Å². The van der Waals surface area contributed by atoms with Crippen LogP contribution in [0.3, 0.4) is 0 Å². The molecular formula is C23H26N4O4. The predicted octanol–water partition coefficient (Wildman–Crippen LogP) is 5.55. The van der Waals surface area contributed by atoms with Crippen LogP contribution in [0, 0.1) is 0 Å². The molecule has 2 aromatic carbocycles. The molecule has 0 aliphatic carbocycles. The predicted molar refractivity (Wildman–Crippen MR) is 121 cm³/mol. The average molecular weight is 422 g/mol. The minimum absolute atomic E-state index is 0.371. The lowest BCUT2D eigenvalue weighted by molar-refractivity contribution is 0.324. The number of aromatic nitrogens is 3. The van der Waals surface area contributed by atoms with Gasteiger partial charge in [-0.2, -0.15) is 4.98 Å². The molecule has 2 aromatic heterocycles. The van der Waals surface area contributed by atoms with Crippen LogP contribution < -0.4 is 24.3 Å². The van der Waals surface area contributed by atoms with Crippen molar-refractivity contribution in [2.75, 3.05) is 26.6 Å². The Morgan fingerprint density at radius 2 is 1.61 bits per heavy atom. The molecule has 0 radical (unpaired) electrons. The van der Waals surface area contributed by atoms with Crippen molar-refractivity contribution in [2.24, 2.45) is 0 Å². The van der Waals surface area contributed by atoms with Crippen LogP contribution >= 0.6 is 0 Å². The Kier molecular flexibility index (Phi) is 7.16. The molecule has 2 heterocycles. The summed E-state index contributed by atoms with van der Waals surface area (Å²) >= 11 is 0. The molecule has 0 fully saturated rings. The first-order chi connectivity index (χ1) is 15.2. The van der Waals surface area contributed by atoms with E-state index in [1.807, 2.05) is 44.3 Å². The van der Waals surface area contributed by atoms with Crippen molar-refractivity contribution in [1.82, 2.24) is 15.0 Å². The molecule has 0 atom stereocenters. The first kappa shape index (κ1) is 21.8. The molecule has 0 aliphatic rings. The SMILES string of the molecule is CC.COc1cc(Nc2cncc(Oc3cccc4[nH]ccc34)n2)cc(OC)c1OC. The average Bonchev–Trinajstić information content (AvgIpc) is 3.30. The number of nitrogens with one attached hydrogen (secondary N) is 2. The largest absolute Gasteiger partial charge is 0.493 e. The molecular weight excluding hydrogens is 396 g/mol. The van der Waals surface area contributed by atoms with Crippen molar-refractivity contribution < 1.29 is 18.9 Å². The van der Waals surface area contributed by atoms with Gasteiger partial charge in [-0.25, -0.2) is 0 Å².